The smallest absolute Gasteiger partial charge is 0.342 e. The largest absolute Gasteiger partial charge is 0.507 e. The number of nitrogens with one attached hydrogen (secondary N) is 2. The number of rotatable bonds is 11. The summed E-state index contributed by atoms with van der Waals surface area (Å²) in [6.07, 6.45) is 15.3. The third kappa shape index (κ3) is 9.62. The zero-order chi connectivity index (χ0) is 32.0. The lowest BCUT2D eigenvalue weighted by Crippen LogP contribution is -2.56. The van der Waals surface area contributed by atoms with Crippen molar-refractivity contribution in [1.82, 2.24) is 10.6 Å². The molecule has 6 N–H and O–H groups in total. The molecule has 2 unspecified atom stereocenters. The Balaban J connectivity index is 1.63. The number of unbranched alkanes of at least 4 members (excludes halogenated alkanes) is 1. The van der Waals surface area contributed by atoms with Gasteiger partial charge in [-0.2, -0.15) is 0 Å². The lowest BCUT2D eigenvalue weighted by Gasteiger charge is -2.35. The van der Waals surface area contributed by atoms with E-state index in [4.69, 9.17) is 24.7 Å². The van der Waals surface area contributed by atoms with Gasteiger partial charge >= 0.3 is 5.97 Å². The molecule has 0 aromatic heterocycles. The number of esters is 1. The fraction of sp³-hybridized carbons (Fsp3) is 0.471. The normalized spacial score (nSPS) is 27.5. The van der Waals surface area contributed by atoms with E-state index < -0.39 is 30.3 Å². The first-order chi connectivity index (χ1) is 21.9. The highest BCUT2D eigenvalue weighted by Crippen LogP contribution is 2.29. The summed E-state index contributed by atoms with van der Waals surface area (Å²) in [7, 11) is 0. The number of amides is 1. The molecule has 2 aliphatic heterocycles. The van der Waals surface area contributed by atoms with E-state index in [1.165, 1.54) is 6.07 Å². The number of benzene rings is 1. The van der Waals surface area contributed by atoms with Crippen LogP contribution in [0, 0.1) is 5.92 Å². The van der Waals surface area contributed by atoms with Crippen LogP contribution in [-0.2, 0) is 23.7 Å². The number of phenols is 1. The predicted molar refractivity (Wildman–Crippen MR) is 170 cm³/mol. The number of aliphatic hydroxyl groups excluding tert-OH is 1. The number of aliphatic hydroxyl groups is 1. The molecule has 0 bridgehead atoms. The third-order valence-corrected chi connectivity index (χ3v) is 7.83. The molecular formula is C34H45N3O8. The SMILES string of the molecule is CCCCO[C@@H]1COC/C=C/c2cccc(O)c2C(=O)OC[C@H](NC(=O)CC2=CNC3C=CC=CC23)[C@@H](OC/C=C/CN)[C@@H]1O. The first-order valence-corrected chi connectivity index (χ1v) is 15.5. The number of ether oxygens (including phenoxy) is 4. The Labute approximate surface area is 264 Å². The van der Waals surface area contributed by atoms with Crippen LogP contribution >= 0.6 is 0 Å². The van der Waals surface area contributed by atoms with Crippen LogP contribution in [-0.4, -0.2) is 92.1 Å². The standard InChI is InChI=1S/C34H45N3O8/c1-2-3-17-43-29-22-42-16-9-11-23-10-8-14-28(38)31(23)34(41)45-21-27(33(32(29)40)44-18-7-6-15-35)37-30(39)19-24-20-36-26-13-5-4-12-25(24)26/h4-14,20,25-27,29,32-33,36,38,40H,2-3,15-19,21-22,35H2,1H3,(H,37,39)/b7-6+,11-9+/t25?,26?,27-,29+,32+,33+/m0/s1. The average Bonchev–Trinajstić information content (AvgIpc) is 3.44. The zero-order valence-electron chi connectivity index (χ0n) is 25.7. The van der Waals surface area contributed by atoms with Crippen molar-refractivity contribution in [3.8, 4) is 5.75 Å². The molecule has 1 amide bonds. The Morgan fingerprint density at radius 2 is 2.04 bits per heavy atom. The number of fused-ring (bicyclic) bond motifs is 2. The number of nitrogens with two attached hydrogens (primary N) is 1. The van der Waals surface area contributed by atoms with E-state index in [9.17, 15) is 19.8 Å². The molecule has 244 valence electrons. The minimum absolute atomic E-state index is 0.0223. The maximum atomic E-state index is 13.5. The van der Waals surface area contributed by atoms with Gasteiger partial charge in [0.05, 0.1) is 31.9 Å². The van der Waals surface area contributed by atoms with Gasteiger partial charge in [-0.15, -0.1) is 0 Å². The molecule has 1 aromatic carbocycles. The Kier molecular flexibility index (Phi) is 13.4. The number of hydrogen-bond donors (Lipinski definition) is 5. The van der Waals surface area contributed by atoms with Crippen LogP contribution in [0.15, 0.2) is 72.5 Å². The molecule has 0 radical (unpaired) electrons. The zero-order valence-corrected chi connectivity index (χ0v) is 25.7. The Morgan fingerprint density at radius 1 is 1.20 bits per heavy atom. The van der Waals surface area contributed by atoms with Gasteiger partial charge in [-0.1, -0.05) is 74.1 Å². The van der Waals surface area contributed by atoms with Gasteiger partial charge in [-0.05, 0) is 29.8 Å². The quantitative estimate of drug-likeness (QED) is 0.141. The number of cyclic esters (lactones) is 1. The van der Waals surface area contributed by atoms with Gasteiger partial charge in [-0.3, -0.25) is 4.79 Å². The molecule has 0 saturated carbocycles. The highest BCUT2D eigenvalue weighted by molar-refractivity contribution is 5.96. The summed E-state index contributed by atoms with van der Waals surface area (Å²) in [5.41, 5.74) is 6.93. The second kappa shape index (κ2) is 17.7. The minimum Gasteiger partial charge on any atom is -0.507 e. The van der Waals surface area contributed by atoms with E-state index in [0.29, 0.717) is 18.7 Å². The van der Waals surface area contributed by atoms with Crippen LogP contribution < -0.4 is 16.4 Å². The molecule has 0 spiro atoms. The number of aromatic hydroxyl groups is 1. The van der Waals surface area contributed by atoms with Crippen LogP contribution in [0.5, 0.6) is 5.75 Å². The number of carbonyl (C=O) groups excluding carboxylic acids is 2. The van der Waals surface area contributed by atoms with Crippen molar-refractivity contribution in [2.45, 2.75) is 56.6 Å². The van der Waals surface area contributed by atoms with E-state index in [-0.39, 0.29) is 62.0 Å². The van der Waals surface area contributed by atoms with Gasteiger partial charge in [0.25, 0.3) is 0 Å². The van der Waals surface area contributed by atoms with Crippen LogP contribution in [0.25, 0.3) is 6.08 Å². The number of carbonyl (C=O) groups is 2. The van der Waals surface area contributed by atoms with Gasteiger partial charge in [0.1, 0.15) is 36.2 Å². The predicted octanol–water partition coefficient (Wildman–Crippen LogP) is 2.51. The molecule has 2 heterocycles. The second-order valence-corrected chi connectivity index (χ2v) is 11.1. The lowest BCUT2D eigenvalue weighted by molar-refractivity contribution is -0.144. The Morgan fingerprint density at radius 3 is 2.87 bits per heavy atom. The highest BCUT2D eigenvalue weighted by Gasteiger charge is 2.38. The molecule has 11 nitrogen and oxygen atoms in total. The minimum atomic E-state index is -1.27. The molecule has 1 aliphatic carbocycles. The molecule has 11 heteroatoms. The van der Waals surface area contributed by atoms with Crippen molar-refractivity contribution >= 4 is 18.0 Å². The van der Waals surface area contributed by atoms with Crippen molar-refractivity contribution in [3.63, 3.8) is 0 Å². The second-order valence-electron chi connectivity index (χ2n) is 11.1. The monoisotopic (exact) mass is 623 g/mol. The van der Waals surface area contributed by atoms with Gasteiger partial charge in [0, 0.05) is 25.5 Å². The third-order valence-electron chi connectivity index (χ3n) is 7.83. The van der Waals surface area contributed by atoms with Crippen molar-refractivity contribution in [2.75, 3.05) is 39.6 Å². The fourth-order valence-corrected chi connectivity index (χ4v) is 5.45. The fourth-order valence-electron chi connectivity index (χ4n) is 5.45. The van der Waals surface area contributed by atoms with Crippen LogP contribution in [0.4, 0.5) is 0 Å². The Bertz CT molecular complexity index is 1290. The average molecular weight is 624 g/mol. The maximum Gasteiger partial charge on any atom is 0.342 e. The maximum absolute atomic E-state index is 13.5. The van der Waals surface area contributed by atoms with Crippen LogP contribution in [0.1, 0.15) is 42.1 Å². The molecule has 6 atom stereocenters. The molecule has 3 aliphatic rings. The van der Waals surface area contributed by atoms with Crippen LogP contribution in [0.3, 0.4) is 0 Å². The molecule has 0 saturated heterocycles. The first kappa shape index (κ1) is 34.1. The van der Waals surface area contributed by atoms with E-state index in [2.05, 4.69) is 10.6 Å². The number of phenolic OH excluding ortho intramolecular Hbond substituents is 1. The number of hydrogen-bond acceptors (Lipinski definition) is 10. The molecule has 0 fully saturated rings. The van der Waals surface area contributed by atoms with Crippen LogP contribution in [0.2, 0.25) is 0 Å². The van der Waals surface area contributed by atoms with Crippen molar-refractivity contribution in [1.29, 1.82) is 0 Å². The summed E-state index contributed by atoms with van der Waals surface area (Å²) in [5.74, 6) is -1.33. The summed E-state index contributed by atoms with van der Waals surface area (Å²) < 4.78 is 23.8. The topological polar surface area (TPSA) is 162 Å². The number of allylic oxidation sites excluding steroid dienone is 2. The van der Waals surface area contributed by atoms with Gasteiger partial charge in [0.15, 0.2) is 0 Å². The lowest BCUT2D eigenvalue weighted by atomic mass is 9.89. The van der Waals surface area contributed by atoms with Crippen molar-refractivity contribution in [2.24, 2.45) is 11.7 Å². The summed E-state index contributed by atoms with van der Waals surface area (Å²) in [6.45, 7) is 2.66. The highest BCUT2D eigenvalue weighted by atomic mass is 16.6. The van der Waals surface area contributed by atoms with Gasteiger partial charge < -0.3 is 45.5 Å². The van der Waals surface area contributed by atoms with E-state index in [1.54, 1.807) is 36.4 Å². The van der Waals surface area contributed by atoms with E-state index in [1.807, 2.05) is 37.4 Å². The first-order valence-electron chi connectivity index (χ1n) is 15.5. The molecule has 4 rings (SSSR count). The summed E-state index contributed by atoms with van der Waals surface area (Å²) >= 11 is 0. The van der Waals surface area contributed by atoms with Gasteiger partial charge in [0.2, 0.25) is 5.91 Å². The van der Waals surface area contributed by atoms with Crippen molar-refractivity contribution in [3.05, 3.63) is 83.6 Å². The molecule has 45 heavy (non-hydrogen) atoms. The summed E-state index contributed by atoms with van der Waals surface area (Å²) in [6, 6.07) is 3.80. The van der Waals surface area contributed by atoms with Crippen molar-refractivity contribution < 1.29 is 38.7 Å². The van der Waals surface area contributed by atoms with Gasteiger partial charge in [-0.25, -0.2) is 4.79 Å². The summed E-state index contributed by atoms with van der Waals surface area (Å²) in [4.78, 5) is 26.9. The molecular weight excluding hydrogens is 578 g/mol. The Hall–Kier alpha value is -3.74. The van der Waals surface area contributed by atoms with E-state index in [0.717, 1.165) is 18.4 Å². The summed E-state index contributed by atoms with van der Waals surface area (Å²) in [5, 5.41) is 28.5. The molecule has 1 aromatic rings. The van der Waals surface area contributed by atoms with E-state index >= 15 is 0 Å².